The third-order valence-corrected chi connectivity index (χ3v) is 7.38. The minimum absolute atomic E-state index is 0.338. The van der Waals surface area contributed by atoms with Crippen LogP contribution in [0.15, 0.2) is 103 Å². The van der Waals surface area contributed by atoms with Crippen molar-refractivity contribution in [3.63, 3.8) is 0 Å². The van der Waals surface area contributed by atoms with Gasteiger partial charge in [-0.25, -0.2) is 0 Å². The molecule has 3 heterocycles. The first-order valence-electron chi connectivity index (χ1n) is 12.7. The van der Waals surface area contributed by atoms with Crippen LogP contribution in [0.25, 0.3) is 32.7 Å². The number of para-hydroxylation sites is 3. The molecule has 0 aliphatic heterocycles. The van der Waals surface area contributed by atoms with Gasteiger partial charge in [-0.1, -0.05) is 60.7 Å². The molecule has 0 fully saturated rings. The summed E-state index contributed by atoms with van der Waals surface area (Å²) in [6.45, 7) is 0. The van der Waals surface area contributed by atoms with Crippen LogP contribution < -0.4 is 0 Å². The summed E-state index contributed by atoms with van der Waals surface area (Å²) in [5.41, 5.74) is 10.2. The Morgan fingerprint density at radius 3 is 1.38 bits per heavy atom. The third kappa shape index (κ3) is 4.07. The highest BCUT2D eigenvalue weighted by Crippen LogP contribution is 2.32. The van der Waals surface area contributed by atoms with Crippen molar-refractivity contribution in [2.45, 2.75) is 19.3 Å². The van der Waals surface area contributed by atoms with E-state index in [4.69, 9.17) is 0 Å². The van der Waals surface area contributed by atoms with Gasteiger partial charge in [-0.05, 0) is 69.8 Å². The lowest BCUT2D eigenvalue weighted by Gasteiger charge is -2.16. The van der Waals surface area contributed by atoms with Crippen LogP contribution in [-0.4, -0.2) is 20.1 Å². The van der Waals surface area contributed by atoms with Gasteiger partial charge in [0.1, 0.15) is 5.75 Å². The molecule has 4 heteroatoms. The Morgan fingerprint density at radius 2 is 0.892 bits per heavy atom. The van der Waals surface area contributed by atoms with Gasteiger partial charge in [0, 0.05) is 58.5 Å². The molecular weight excluding hydrogens is 454 g/mol. The molecule has 0 atom stereocenters. The average molecular weight is 482 g/mol. The maximum absolute atomic E-state index is 11.1. The Bertz CT molecular complexity index is 1790. The summed E-state index contributed by atoms with van der Waals surface area (Å²) in [5.74, 6) is 0.338. The fraction of sp³-hybridized carbons (Fsp3) is 0.0909. The number of phenolic OH excluding ortho intramolecular Hbond substituents is 1. The van der Waals surface area contributed by atoms with Crippen LogP contribution in [0.2, 0.25) is 0 Å². The Balaban J connectivity index is 1.33. The van der Waals surface area contributed by atoms with Gasteiger partial charge in [0.05, 0.1) is 0 Å². The zero-order valence-corrected chi connectivity index (χ0v) is 20.4. The monoisotopic (exact) mass is 481 g/mol. The summed E-state index contributed by atoms with van der Waals surface area (Å²) < 4.78 is 0. The molecule has 4 nitrogen and oxygen atoms in total. The smallest absolute Gasteiger partial charge is 0.119 e. The maximum atomic E-state index is 11.1. The SMILES string of the molecule is Oc1ccc(Cc2cc3ccccc3[nH]2)c(Cc2cc3ccccc3[nH]2)c1Cc1cc2ccccc2[nH]1. The standard InChI is InChI=1S/C33H27N3O/c37-33-14-13-21(15-25-16-22-7-1-4-10-30(22)34-25)28(19-26-17-23-8-2-5-11-31(23)35-26)29(33)20-27-18-24-9-3-6-12-32(24)36-27/h1-14,16-18,34-37H,15,19-20H2. The van der Waals surface area contributed by atoms with E-state index >= 15 is 0 Å². The van der Waals surface area contributed by atoms with E-state index in [-0.39, 0.29) is 0 Å². The molecular formula is C33H27N3O. The van der Waals surface area contributed by atoms with Gasteiger partial charge in [-0.15, -0.1) is 0 Å². The number of phenols is 1. The molecule has 180 valence electrons. The number of nitrogens with one attached hydrogen (secondary N) is 3. The molecule has 0 radical (unpaired) electrons. The summed E-state index contributed by atoms with van der Waals surface area (Å²) >= 11 is 0. The van der Waals surface area contributed by atoms with Gasteiger partial charge in [-0.3, -0.25) is 0 Å². The molecule has 3 aromatic heterocycles. The number of aromatic amines is 3. The minimum atomic E-state index is 0.338. The van der Waals surface area contributed by atoms with Crippen LogP contribution in [0.5, 0.6) is 5.75 Å². The van der Waals surface area contributed by atoms with E-state index in [1.54, 1.807) is 0 Å². The summed E-state index contributed by atoms with van der Waals surface area (Å²) in [5, 5.41) is 14.7. The van der Waals surface area contributed by atoms with Crippen molar-refractivity contribution in [2.75, 3.05) is 0 Å². The number of H-pyrrole nitrogens is 3. The van der Waals surface area contributed by atoms with Crippen LogP contribution in [0.3, 0.4) is 0 Å². The van der Waals surface area contributed by atoms with Crippen molar-refractivity contribution in [2.24, 2.45) is 0 Å². The summed E-state index contributed by atoms with van der Waals surface area (Å²) in [4.78, 5) is 10.7. The molecule has 0 aliphatic rings. The zero-order chi connectivity index (χ0) is 24.8. The largest absolute Gasteiger partial charge is 0.508 e. The molecule has 0 bridgehead atoms. The highest BCUT2D eigenvalue weighted by atomic mass is 16.3. The van der Waals surface area contributed by atoms with Gasteiger partial charge >= 0.3 is 0 Å². The fourth-order valence-electron chi connectivity index (χ4n) is 5.58. The molecule has 4 aromatic carbocycles. The number of aromatic nitrogens is 3. The zero-order valence-electron chi connectivity index (χ0n) is 20.4. The minimum Gasteiger partial charge on any atom is -0.508 e. The molecule has 37 heavy (non-hydrogen) atoms. The first-order chi connectivity index (χ1) is 18.2. The van der Waals surface area contributed by atoms with Gasteiger partial charge in [-0.2, -0.15) is 0 Å². The second-order valence-corrected chi connectivity index (χ2v) is 9.88. The van der Waals surface area contributed by atoms with Gasteiger partial charge in [0.2, 0.25) is 0 Å². The number of aromatic hydroxyl groups is 1. The lowest BCUT2D eigenvalue weighted by molar-refractivity contribution is 0.468. The number of benzene rings is 4. The van der Waals surface area contributed by atoms with E-state index in [1.807, 2.05) is 12.1 Å². The number of hydrogen-bond donors (Lipinski definition) is 4. The predicted octanol–water partition coefficient (Wildman–Crippen LogP) is 7.61. The van der Waals surface area contributed by atoms with Gasteiger partial charge in [0.25, 0.3) is 0 Å². The first-order valence-corrected chi connectivity index (χ1v) is 12.7. The van der Waals surface area contributed by atoms with Gasteiger partial charge in [0.15, 0.2) is 0 Å². The number of hydrogen-bond acceptors (Lipinski definition) is 1. The van der Waals surface area contributed by atoms with Gasteiger partial charge < -0.3 is 20.1 Å². The molecule has 0 unspecified atom stereocenters. The molecule has 0 spiro atoms. The summed E-state index contributed by atoms with van der Waals surface area (Å²) in [6, 6.07) is 35.6. The Hall–Kier alpha value is -4.70. The van der Waals surface area contributed by atoms with Crippen LogP contribution in [-0.2, 0) is 19.3 Å². The van der Waals surface area contributed by atoms with E-state index in [1.165, 1.54) is 33.0 Å². The summed E-state index contributed by atoms with van der Waals surface area (Å²) in [7, 11) is 0. The van der Waals surface area contributed by atoms with E-state index in [9.17, 15) is 5.11 Å². The molecule has 0 aliphatic carbocycles. The Labute approximate surface area is 214 Å². The van der Waals surface area contributed by atoms with Crippen molar-refractivity contribution in [3.8, 4) is 5.75 Å². The van der Waals surface area contributed by atoms with Crippen LogP contribution >= 0.6 is 0 Å². The highest BCUT2D eigenvalue weighted by Gasteiger charge is 2.17. The van der Waals surface area contributed by atoms with E-state index in [0.717, 1.165) is 39.9 Å². The third-order valence-electron chi connectivity index (χ3n) is 7.38. The predicted molar refractivity (Wildman–Crippen MR) is 151 cm³/mol. The molecule has 7 rings (SSSR count). The molecule has 0 saturated heterocycles. The van der Waals surface area contributed by atoms with E-state index in [2.05, 4.69) is 106 Å². The Morgan fingerprint density at radius 1 is 0.459 bits per heavy atom. The van der Waals surface area contributed by atoms with Crippen LogP contribution in [0, 0.1) is 0 Å². The van der Waals surface area contributed by atoms with Crippen LogP contribution in [0.4, 0.5) is 0 Å². The lowest BCUT2D eigenvalue weighted by atomic mass is 9.91. The van der Waals surface area contributed by atoms with E-state index in [0.29, 0.717) is 18.6 Å². The quantitative estimate of drug-likeness (QED) is 0.194. The van der Waals surface area contributed by atoms with Crippen molar-refractivity contribution in [1.29, 1.82) is 0 Å². The number of rotatable bonds is 6. The summed E-state index contributed by atoms with van der Waals surface area (Å²) in [6.07, 6.45) is 2.12. The molecule has 4 N–H and O–H groups in total. The van der Waals surface area contributed by atoms with Crippen molar-refractivity contribution in [1.82, 2.24) is 15.0 Å². The maximum Gasteiger partial charge on any atom is 0.119 e. The lowest BCUT2D eigenvalue weighted by Crippen LogP contribution is -2.04. The fourth-order valence-corrected chi connectivity index (χ4v) is 5.58. The molecule has 0 saturated carbocycles. The van der Waals surface area contributed by atoms with Crippen molar-refractivity contribution >= 4 is 32.7 Å². The molecule has 0 amide bonds. The highest BCUT2D eigenvalue weighted by molar-refractivity contribution is 5.82. The normalized spacial score (nSPS) is 11.7. The van der Waals surface area contributed by atoms with E-state index < -0.39 is 0 Å². The van der Waals surface area contributed by atoms with Crippen molar-refractivity contribution < 1.29 is 5.11 Å². The molecule has 7 aromatic rings. The number of fused-ring (bicyclic) bond motifs is 3. The topological polar surface area (TPSA) is 67.6 Å². The Kier molecular flexibility index (Phi) is 5.10. The van der Waals surface area contributed by atoms with Crippen molar-refractivity contribution in [3.05, 3.63) is 137 Å². The average Bonchev–Trinajstić information content (AvgIpc) is 3.62. The second-order valence-electron chi connectivity index (χ2n) is 9.88. The first kappa shape index (κ1) is 21.6. The van der Waals surface area contributed by atoms with Crippen LogP contribution in [0.1, 0.15) is 33.8 Å². The second kappa shape index (κ2) is 8.75.